The van der Waals surface area contributed by atoms with E-state index in [2.05, 4.69) is 21.0 Å². The minimum absolute atomic E-state index is 0.0524. The van der Waals surface area contributed by atoms with Crippen LogP contribution in [0.5, 0.6) is 0 Å². The van der Waals surface area contributed by atoms with Crippen LogP contribution in [0.1, 0.15) is 37.3 Å². The van der Waals surface area contributed by atoms with E-state index in [1.54, 1.807) is 59.3 Å². The topological polar surface area (TPSA) is 116 Å². The fourth-order valence-electron chi connectivity index (χ4n) is 6.26. The van der Waals surface area contributed by atoms with E-state index >= 15 is 0 Å². The molecule has 10 heteroatoms. The lowest BCUT2D eigenvalue weighted by Gasteiger charge is -2.28. The van der Waals surface area contributed by atoms with Gasteiger partial charge in [0.15, 0.2) is 5.60 Å². The number of aliphatic hydroxyl groups is 2. The number of halogens is 1. The molecule has 2 N–H and O–H groups in total. The summed E-state index contributed by atoms with van der Waals surface area (Å²) in [5.41, 5.74) is 0.465. The van der Waals surface area contributed by atoms with Gasteiger partial charge in [-0.25, -0.2) is 0 Å². The molecule has 3 atom stereocenters. The van der Waals surface area contributed by atoms with Gasteiger partial charge in [-0.15, -0.1) is 0 Å². The minimum Gasteiger partial charge on any atom is -0.394 e. The van der Waals surface area contributed by atoms with Crippen LogP contribution in [0.3, 0.4) is 0 Å². The smallest absolute Gasteiger partial charge is 0.279 e. The number of carbonyl (C=O) groups is 2. The zero-order chi connectivity index (χ0) is 31.0. The molecule has 44 heavy (non-hydrogen) atoms. The summed E-state index contributed by atoms with van der Waals surface area (Å²) in [4.78, 5) is 43.0. The van der Waals surface area contributed by atoms with E-state index in [9.17, 15) is 24.6 Å². The lowest BCUT2D eigenvalue weighted by Crippen LogP contribution is -2.44. The highest BCUT2D eigenvalue weighted by Gasteiger charge is 2.52. The van der Waals surface area contributed by atoms with Crippen molar-refractivity contribution in [3.8, 4) is 5.69 Å². The molecule has 1 aromatic heterocycles. The first-order chi connectivity index (χ1) is 21.2. The average molecular weight is 658 g/mol. The first-order valence-electron chi connectivity index (χ1n) is 14.7. The van der Waals surface area contributed by atoms with Crippen molar-refractivity contribution in [1.82, 2.24) is 14.7 Å². The Morgan fingerprint density at radius 2 is 1.91 bits per heavy atom. The Kier molecular flexibility index (Phi) is 8.24. The van der Waals surface area contributed by atoms with Crippen LogP contribution >= 0.6 is 15.9 Å². The van der Waals surface area contributed by atoms with Crippen molar-refractivity contribution in [3.05, 3.63) is 111 Å². The second-order valence-corrected chi connectivity index (χ2v) is 12.3. The van der Waals surface area contributed by atoms with E-state index in [1.807, 2.05) is 42.5 Å². The summed E-state index contributed by atoms with van der Waals surface area (Å²) in [6.07, 6.45) is 6.87. The van der Waals surface area contributed by atoms with Crippen molar-refractivity contribution in [3.63, 3.8) is 0 Å². The number of likely N-dealkylation sites (tertiary alicyclic amines) is 1. The average Bonchev–Trinajstić information content (AvgIpc) is 3.60. The monoisotopic (exact) mass is 656 g/mol. The van der Waals surface area contributed by atoms with E-state index in [0.29, 0.717) is 28.9 Å². The summed E-state index contributed by atoms with van der Waals surface area (Å²) in [7, 11) is 0. The van der Waals surface area contributed by atoms with Crippen molar-refractivity contribution in [2.75, 3.05) is 18.1 Å². The first-order valence-corrected chi connectivity index (χ1v) is 15.5. The molecule has 1 saturated heterocycles. The molecular weight excluding hydrogens is 624 g/mol. The van der Waals surface area contributed by atoms with Crippen molar-refractivity contribution >= 4 is 44.2 Å². The summed E-state index contributed by atoms with van der Waals surface area (Å²) in [5, 5.41) is 27.2. The van der Waals surface area contributed by atoms with E-state index in [1.165, 1.54) is 4.68 Å². The zero-order valence-electron chi connectivity index (χ0n) is 24.3. The van der Waals surface area contributed by atoms with Gasteiger partial charge in [0.2, 0.25) is 5.91 Å². The fourth-order valence-corrected chi connectivity index (χ4v) is 6.62. The summed E-state index contributed by atoms with van der Waals surface area (Å²) < 4.78 is 2.09. The molecule has 0 saturated carbocycles. The maximum atomic E-state index is 14.0. The molecule has 3 aromatic carbocycles. The molecule has 3 heterocycles. The molecule has 2 amide bonds. The number of amides is 2. The van der Waals surface area contributed by atoms with E-state index < -0.39 is 17.4 Å². The molecule has 2 aliphatic rings. The Hall–Kier alpha value is -4.12. The highest BCUT2D eigenvalue weighted by atomic mass is 79.9. The molecule has 0 unspecified atom stereocenters. The zero-order valence-corrected chi connectivity index (χ0v) is 25.9. The van der Waals surface area contributed by atoms with Crippen LogP contribution in [0.25, 0.3) is 16.5 Å². The first kappa shape index (κ1) is 29.9. The summed E-state index contributed by atoms with van der Waals surface area (Å²) in [6.45, 7) is 2.55. The van der Waals surface area contributed by atoms with Crippen LogP contribution in [-0.4, -0.2) is 55.9 Å². The Bertz CT molecular complexity index is 1820. The summed E-state index contributed by atoms with van der Waals surface area (Å²) in [5.74, 6) is -1.16. The molecule has 9 nitrogen and oxygen atoms in total. The van der Waals surface area contributed by atoms with Crippen LogP contribution in [0.2, 0.25) is 0 Å². The summed E-state index contributed by atoms with van der Waals surface area (Å²) >= 11 is 3.48. The molecule has 2 aliphatic heterocycles. The van der Waals surface area contributed by atoms with Gasteiger partial charge in [0, 0.05) is 34.3 Å². The number of fused-ring (bicyclic) bond motifs is 2. The van der Waals surface area contributed by atoms with Gasteiger partial charge < -0.3 is 20.0 Å². The minimum atomic E-state index is -1.83. The standard InChI is InChI=1S/C34H33BrN4O5/c1-22(6-4-10-31(41)37-17-5-8-27(37)21-40)34(44)29-18-25(35)13-16-30(29)38(33(34)43)20-23-11-14-26(15-12-23)39-32(42)28-9-3-2-7-24(28)19-36-39/h2-4,6-7,9,11-16,18-19,22,27,40,44H,5,8,10,17,20-21H2,1H3/b6-4+/t22-,27+,34+/m1/s1. The Morgan fingerprint density at radius 1 is 1.14 bits per heavy atom. The van der Waals surface area contributed by atoms with Crippen LogP contribution in [-0.2, 0) is 21.7 Å². The SMILES string of the molecule is C[C@H](/C=C/CC(=O)N1CCC[C@H]1CO)[C@@]1(O)C(=O)N(Cc2ccc(-n3ncc4ccccc4c3=O)cc2)c2ccc(Br)cc21. The maximum Gasteiger partial charge on any atom is 0.279 e. The number of anilines is 1. The number of nitrogens with zero attached hydrogens (tertiary/aromatic N) is 4. The number of hydrogen-bond donors (Lipinski definition) is 2. The Labute approximate surface area is 263 Å². The van der Waals surface area contributed by atoms with Gasteiger partial charge in [0.05, 0.1) is 42.2 Å². The maximum absolute atomic E-state index is 14.0. The van der Waals surface area contributed by atoms with Gasteiger partial charge in [0.25, 0.3) is 11.5 Å². The third-order valence-corrected chi connectivity index (χ3v) is 9.23. The van der Waals surface area contributed by atoms with Crippen molar-refractivity contribution < 1.29 is 19.8 Å². The molecule has 4 aromatic rings. The van der Waals surface area contributed by atoms with Crippen LogP contribution in [0, 0.1) is 5.92 Å². The van der Waals surface area contributed by atoms with Gasteiger partial charge in [0.1, 0.15) is 0 Å². The van der Waals surface area contributed by atoms with Gasteiger partial charge in [-0.05, 0) is 54.8 Å². The van der Waals surface area contributed by atoms with Gasteiger partial charge in [-0.3, -0.25) is 14.4 Å². The van der Waals surface area contributed by atoms with Gasteiger partial charge in [-0.2, -0.15) is 9.78 Å². The second kappa shape index (κ2) is 12.1. The van der Waals surface area contributed by atoms with Crippen molar-refractivity contribution in [2.45, 2.75) is 44.4 Å². The molecule has 0 radical (unpaired) electrons. The molecule has 0 aliphatic carbocycles. The highest BCUT2D eigenvalue weighted by Crippen LogP contribution is 2.46. The lowest BCUT2D eigenvalue weighted by atomic mass is 9.83. The normalized spacial score (nSPS) is 20.5. The fraction of sp³-hybridized carbons (Fsp3) is 0.294. The largest absolute Gasteiger partial charge is 0.394 e. The Balaban J connectivity index is 1.22. The van der Waals surface area contributed by atoms with Crippen LogP contribution in [0.15, 0.2) is 94.3 Å². The number of carbonyl (C=O) groups excluding carboxylic acids is 2. The van der Waals surface area contributed by atoms with Crippen molar-refractivity contribution in [1.29, 1.82) is 0 Å². The molecule has 0 spiro atoms. The number of rotatable bonds is 8. The molecule has 1 fully saturated rings. The number of hydrogen-bond acceptors (Lipinski definition) is 6. The molecular formula is C34H33BrN4O5. The number of aromatic nitrogens is 2. The summed E-state index contributed by atoms with van der Waals surface area (Å²) in [6, 6.07) is 19.8. The predicted octanol–water partition coefficient (Wildman–Crippen LogP) is 4.45. The predicted molar refractivity (Wildman–Crippen MR) is 171 cm³/mol. The Morgan fingerprint density at radius 3 is 2.68 bits per heavy atom. The molecule has 226 valence electrons. The van der Waals surface area contributed by atoms with E-state index in [4.69, 9.17) is 0 Å². The van der Waals surface area contributed by atoms with Crippen LogP contribution < -0.4 is 10.5 Å². The number of benzene rings is 3. The number of aliphatic hydroxyl groups excluding tert-OH is 1. The van der Waals surface area contributed by atoms with Crippen LogP contribution in [0.4, 0.5) is 5.69 Å². The lowest BCUT2D eigenvalue weighted by molar-refractivity contribution is -0.139. The van der Waals surface area contributed by atoms with E-state index in [0.717, 1.165) is 28.3 Å². The molecule has 6 rings (SSSR count). The van der Waals surface area contributed by atoms with Gasteiger partial charge in [-0.1, -0.05) is 65.3 Å². The molecule has 0 bridgehead atoms. The van der Waals surface area contributed by atoms with Gasteiger partial charge >= 0.3 is 0 Å². The highest BCUT2D eigenvalue weighted by molar-refractivity contribution is 9.10. The van der Waals surface area contributed by atoms with Crippen molar-refractivity contribution in [2.24, 2.45) is 5.92 Å². The quantitative estimate of drug-likeness (QED) is 0.271. The van der Waals surface area contributed by atoms with E-state index in [-0.39, 0.29) is 37.1 Å². The third-order valence-electron chi connectivity index (χ3n) is 8.73. The third kappa shape index (κ3) is 5.27. The second-order valence-electron chi connectivity index (χ2n) is 11.4.